The topological polar surface area (TPSA) is 78.5 Å². The molecule has 1 unspecified atom stereocenters. The number of imide groups is 1. The first-order valence-electron chi connectivity index (χ1n) is 9.89. The van der Waals surface area contributed by atoms with Crippen LogP contribution in [0.25, 0.3) is 0 Å². The van der Waals surface area contributed by atoms with Gasteiger partial charge in [-0.15, -0.1) is 0 Å². The van der Waals surface area contributed by atoms with Crippen molar-refractivity contribution in [2.45, 2.75) is 22.3 Å². The summed E-state index contributed by atoms with van der Waals surface area (Å²) < 4.78 is 0. The monoisotopic (exact) mass is 465 g/mol. The lowest BCUT2D eigenvalue weighted by atomic mass is 9.92. The highest BCUT2D eigenvalue weighted by Crippen LogP contribution is 2.33. The van der Waals surface area contributed by atoms with Crippen LogP contribution in [-0.4, -0.2) is 29.3 Å². The van der Waals surface area contributed by atoms with E-state index < -0.39 is 29.9 Å². The predicted molar refractivity (Wildman–Crippen MR) is 125 cm³/mol. The maximum atomic E-state index is 13.0. The maximum Gasteiger partial charge on any atom is 0.325 e. The van der Waals surface area contributed by atoms with Gasteiger partial charge in [0.25, 0.3) is 5.91 Å². The molecule has 4 rings (SSSR count). The number of amides is 4. The van der Waals surface area contributed by atoms with Crippen LogP contribution in [0.15, 0.2) is 88.7 Å². The zero-order valence-electron chi connectivity index (χ0n) is 17.2. The van der Waals surface area contributed by atoms with E-state index in [0.29, 0.717) is 16.3 Å². The molecule has 2 N–H and O–H groups in total. The molecule has 32 heavy (non-hydrogen) atoms. The second-order valence-corrected chi connectivity index (χ2v) is 8.96. The molecule has 1 aliphatic rings. The van der Waals surface area contributed by atoms with Crippen molar-refractivity contribution in [1.82, 2.24) is 10.2 Å². The fraction of sp³-hybridized carbons (Fsp3) is 0.125. The number of anilines is 1. The van der Waals surface area contributed by atoms with E-state index >= 15 is 0 Å². The summed E-state index contributed by atoms with van der Waals surface area (Å²) in [7, 11) is 0. The molecule has 3 aromatic carbocycles. The number of urea groups is 1. The van der Waals surface area contributed by atoms with Crippen molar-refractivity contribution in [2.75, 3.05) is 11.9 Å². The minimum absolute atomic E-state index is 0.391. The molecule has 1 saturated heterocycles. The van der Waals surface area contributed by atoms with Gasteiger partial charge >= 0.3 is 6.03 Å². The largest absolute Gasteiger partial charge is 0.325 e. The molecule has 0 radical (unpaired) electrons. The molecule has 0 bridgehead atoms. The molecule has 0 aliphatic carbocycles. The Balaban J connectivity index is 1.47. The second kappa shape index (κ2) is 9.06. The molecule has 1 fully saturated rings. The van der Waals surface area contributed by atoms with E-state index in [-0.39, 0.29) is 0 Å². The highest BCUT2D eigenvalue weighted by molar-refractivity contribution is 7.99. The minimum Gasteiger partial charge on any atom is -0.323 e. The average molecular weight is 466 g/mol. The molecule has 3 aromatic rings. The van der Waals surface area contributed by atoms with Gasteiger partial charge in [-0.05, 0) is 48.9 Å². The van der Waals surface area contributed by atoms with E-state index in [1.807, 2.05) is 48.5 Å². The smallest absolute Gasteiger partial charge is 0.323 e. The quantitative estimate of drug-likeness (QED) is 0.508. The summed E-state index contributed by atoms with van der Waals surface area (Å²) in [6, 6.07) is 23.2. The molecular weight excluding hydrogens is 446 g/mol. The van der Waals surface area contributed by atoms with Gasteiger partial charge in [0.15, 0.2) is 0 Å². The van der Waals surface area contributed by atoms with Crippen molar-refractivity contribution in [3.05, 3.63) is 89.4 Å². The van der Waals surface area contributed by atoms with Gasteiger partial charge in [-0.2, -0.15) is 0 Å². The van der Waals surface area contributed by atoms with Crippen LogP contribution in [0.3, 0.4) is 0 Å². The molecule has 162 valence electrons. The van der Waals surface area contributed by atoms with Gasteiger partial charge in [-0.3, -0.25) is 14.5 Å². The molecule has 6 nitrogen and oxygen atoms in total. The lowest BCUT2D eigenvalue weighted by Gasteiger charge is -2.22. The fourth-order valence-corrected chi connectivity index (χ4v) is 4.48. The molecule has 0 spiro atoms. The zero-order chi connectivity index (χ0) is 22.7. The number of nitrogens with one attached hydrogen (secondary N) is 2. The molecular formula is C24H20ClN3O3S. The van der Waals surface area contributed by atoms with Gasteiger partial charge in [0.1, 0.15) is 12.1 Å². The predicted octanol–water partition coefficient (Wildman–Crippen LogP) is 4.90. The number of hydrogen-bond acceptors (Lipinski definition) is 4. The molecule has 0 saturated carbocycles. The summed E-state index contributed by atoms with van der Waals surface area (Å²) >= 11 is 7.44. The van der Waals surface area contributed by atoms with E-state index in [9.17, 15) is 14.4 Å². The molecule has 8 heteroatoms. The van der Waals surface area contributed by atoms with Crippen molar-refractivity contribution in [3.8, 4) is 0 Å². The zero-order valence-corrected chi connectivity index (χ0v) is 18.7. The van der Waals surface area contributed by atoms with Crippen LogP contribution in [0.2, 0.25) is 5.02 Å². The third-order valence-corrected chi connectivity index (χ3v) is 6.47. The molecule has 1 heterocycles. The van der Waals surface area contributed by atoms with E-state index in [0.717, 1.165) is 14.7 Å². The lowest BCUT2D eigenvalue weighted by Crippen LogP contribution is -2.42. The average Bonchev–Trinajstić information content (AvgIpc) is 3.00. The number of nitrogens with zero attached hydrogens (tertiary/aromatic N) is 1. The Morgan fingerprint density at radius 2 is 1.66 bits per heavy atom. The number of carbonyl (C=O) groups is 3. The number of halogens is 1. The van der Waals surface area contributed by atoms with Crippen LogP contribution in [0.4, 0.5) is 10.5 Å². The Kier molecular flexibility index (Phi) is 6.21. The van der Waals surface area contributed by atoms with Crippen molar-refractivity contribution >= 4 is 46.9 Å². The lowest BCUT2D eigenvalue weighted by molar-refractivity contribution is -0.133. The molecule has 4 amide bonds. The number of para-hydroxylation sites is 1. The van der Waals surface area contributed by atoms with Gasteiger partial charge in [0.2, 0.25) is 5.91 Å². The van der Waals surface area contributed by atoms with Crippen LogP contribution >= 0.6 is 23.4 Å². The van der Waals surface area contributed by atoms with Crippen LogP contribution in [-0.2, 0) is 15.1 Å². The molecule has 1 aliphatic heterocycles. The van der Waals surface area contributed by atoms with Crippen molar-refractivity contribution in [3.63, 3.8) is 0 Å². The Labute approximate surface area is 194 Å². The minimum atomic E-state index is -1.26. The van der Waals surface area contributed by atoms with Gasteiger partial charge in [-0.25, -0.2) is 4.79 Å². The first kappa shape index (κ1) is 21.9. The van der Waals surface area contributed by atoms with Gasteiger partial charge in [0.05, 0.1) is 5.69 Å². The molecule has 0 aromatic heterocycles. The maximum absolute atomic E-state index is 13.0. The first-order valence-corrected chi connectivity index (χ1v) is 11.1. The van der Waals surface area contributed by atoms with Crippen LogP contribution < -0.4 is 10.6 Å². The first-order chi connectivity index (χ1) is 15.4. The van der Waals surface area contributed by atoms with E-state index in [2.05, 4.69) is 10.6 Å². The van der Waals surface area contributed by atoms with Gasteiger partial charge in [-0.1, -0.05) is 65.8 Å². The van der Waals surface area contributed by atoms with E-state index in [1.165, 1.54) is 11.8 Å². The normalized spacial score (nSPS) is 17.9. The number of hydrogen-bond donors (Lipinski definition) is 2. The Bertz CT molecular complexity index is 1170. The summed E-state index contributed by atoms with van der Waals surface area (Å²) in [6.45, 7) is 1.22. The Morgan fingerprint density at radius 3 is 2.38 bits per heavy atom. The van der Waals surface area contributed by atoms with E-state index in [1.54, 1.807) is 37.3 Å². The van der Waals surface area contributed by atoms with Crippen molar-refractivity contribution in [1.29, 1.82) is 0 Å². The standard InChI is InChI=1S/C24H20ClN3O3S/c1-24(16-11-13-17(25)14-12-16)22(30)28(23(31)27-24)15-21(29)26-19-9-5-6-10-20(19)32-18-7-3-2-4-8-18/h2-14H,15H2,1H3,(H,26,29)(H,27,31). The van der Waals surface area contributed by atoms with Crippen LogP contribution in [0.5, 0.6) is 0 Å². The van der Waals surface area contributed by atoms with Gasteiger partial charge in [0, 0.05) is 14.8 Å². The number of rotatable bonds is 6. The van der Waals surface area contributed by atoms with E-state index in [4.69, 9.17) is 11.6 Å². The van der Waals surface area contributed by atoms with Crippen molar-refractivity contribution < 1.29 is 14.4 Å². The highest BCUT2D eigenvalue weighted by atomic mass is 35.5. The Morgan fingerprint density at radius 1 is 1.00 bits per heavy atom. The summed E-state index contributed by atoms with van der Waals surface area (Å²) in [5, 5.41) is 6.04. The summed E-state index contributed by atoms with van der Waals surface area (Å²) in [4.78, 5) is 41.1. The molecule has 1 atom stereocenters. The van der Waals surface area contributed by atoms with Crippen molar-refractivity contribution in [2.24, 2.45) is 0 Å². The fourth-order valence-electron chi connectivity index (χ4n) is 3.43. The third kappa shape index (κ3) is 4.49. The summed E-state index contributed by atoms with van der Waals surface area (Å²) in [5.74, 6) is -0.957. The SMILES string of the molecule is CC1(c2ccc(Cl)cc2)NC(=O)N(CC(=O)Nc2ccccc2Sc2ccccc2)C1=O. The third-order valence-electron chi connectivity index (χ3n) is 5.13. The van der Waals surface area contributed by atoms with Gasteiger partial charge < -0.3 is 10.6 Å². The second-order valence-electron chi connectivity index (χ2n) is 7.41. The van der Waals surface area contributed by atoms with Crippen LogP contribution in [0.1, 0.15) is 12.5 Å². The summed E-state index contributed by atoms with van der Waals surface area (Å²) in [5.41, 5.74) is -0.0603. The highest BCUT2D eigenvalue weighted by Gasteiger charge is 2.49. The van der Waals surface area contributed by atoms with Crippen LogP contribution in [0, 0.1) is 0 Å². The number of carbonyl (C=O) groups excluding carboxylic acids is 3. The number of benzene rings is 3. The summed E-state index contributed by atoms with van der Waals surface area (Å²) in [6.07, 6.45) is 0. The Hall–Kier alpha value is -3.29.